The van der Waals surface area contributed by atoms with Crippen molar-refractivity contribution in [2.45, 2.75) is 96.8 Å². The summed E-state index contributed by atoms with van der Waals surface area (Å²) in [6.45, 7) is 2.64. The monoisotopic (exact) mass is 316 g/mol. The number of allylic oxidation sites excluding steroid dienone is 2. The summed E-state index contributed by atoms with van der Waals surface area (Å²) in [5, 5.41) is 8.66. The van der Waals surface area contributed by atoms with Gasteiger partial charge in [0.05, 0.1) is 0 Å². The van der Waals surface area contributed by atoms with Gasteiger partial charge in [0.15, 0.2) is 0 Å². The van der Waals surface area contributed by atoms with Gasteiger partial charge < -0.3 is 5.11 Å². The van der Waals surface area contributed by atoms with Crippen LogP contribution in [0.4, 0.5) is 0 Å². The molecule has 0 aliphatic rings. The Bertz CT molecular complexity index is 184. The van der Waals surface area contributed by atoms with Gasteiger partial charge in [-0.3, -0.25) is 0 Å². The second-order valence-corrected chi connectivity index (χ2v) is 5.66. The molecule has 0 atom stereocenters. The van der Waals surface area contributed by atoms with E-state index in [1.807, 2.05) is 0 Å². The molecule has 0 bridgehead atoms. The van der Waals surface area contributed by atoms with Gasteiger partial charge in [0.2, 0.25) is 0 Å². The first-order chi connectivity index (χ1) is 9.41. The average molecular weight is 316 g/mol. The van der Waals surface area contributed by atoms with E-state index in [9.17, 15) is 0 Å². The van der Waals surface area contributed by atoms with Crippen molar-refractivity contribution in [1.29, 1.82) is 0 Å². The van der Waals surface area contributed by atoms with Crippen molar-refractivity contribution in [3.63, 3.8) is 0 Å². The molecule has 0 fully saturated rings. The van der Waals surface area contributed by atoms with Crippen LogP contribution in [0.2, 0.25) is 0 Å². The van der Waals surface area contributed by atoms with Gasteiger partial charge in [-0.2, -0.15) is 0 Å². The van der Waals surface area contributed by atoms with Crippen molar-refractivity contribution in [2.24, 2.45) is 0 Å². The number of aliphatic hydroxyl groups is 1. The van der Waals surface area contributed by atoms with Crippen molar-refractivity contribution < 1.29 is 5.11 Å². The molecule has 0 heterocycles. The van der Waals surface area contributed by atoms with E-state index in [2.05, 4.69) is 19.1 Å². The van der Waals surface area contributed by atoms with E-state index in [1.165, 1.54) is 83.5 Å². The maximum absolute atomic E-state index is 8.66. The van der Waals surface area contributed by atoms with Crippen LogP contribution in [0.5, 0.6) is 0 Å². The summed E-state index contributed by atoms with van der Waals surface area (Å²) in [4.78, 5) is 0. The number of hydrogen-bond donors (Lipinski definition) is 1. The van der Waals surface area contributed by atoms with Crippen molar-refractivity contribution in [3.05, 3.63) is 12.2 Å². The van der Waals surface area contributed by atoms with Crippen molar-refractivity contribution >= 4 is 59.1 Å². The molecular formula is C18H38Na2O. The summed E-state index contributed by atoms with van der Waals surface area (Å²) in [7, 11) is 0. The van der Waals surface area contributed by atoms with Gasteiger partial charge >= 0.3 is 59.1 Å². The summed E-state index contributed by atoms with van der Waals surface area (Å²) in [5.41, 5.74) is 0. The van der Waals surface area contributed by atoms with Gasteiger partial charge in [-0.05, 0) is 32.1 Å². The molecule has 0 saturated carbocycles. The Hall–Kier alpha value is 1.70. The fraction of sp³-hybridized carbons (Fsp3) is 0.889. The minimum atomic E-state index is 0. The van der Waals surface area contributed by atoms with E-state index in [0.717, 1.165) is 6.42 Å². The number of unbranched alkanes of at least 4 members (excludes halogenated alkanes) is 12. The zero-order valence-corrected chi connectivity index (χ0v) is 13.2. The molecule has 0 amide bonds. The summed E-state index contributed by atoms with van der Waals surface area (Å²) in [6.07, 6.45) is 23.2. The van der Waals surface area contributed by atoms with E-state index in [-0.39, 0.29) is 59.1 Å². The molecule has 0 aliphatic carbocycles. The minimum absolute atomic E-state index is 0. The molecule has 0 unspecified atom stereocenters. The number of hydrogen-bond acceptors (Lipinski definition) is 1. The van der Waals surface area contributed by atoms with Crippen LogP contribution in [0, 0.1) is 0 Å². The SMILES string of the molecule is CCCCCCCC/C=C\CCCCCCCCO.[NaH].[NaH]. The molecule has 0 aromatic rings. The van der Waals surface area contributed by atoms with E-state index < -0.39 is 0 Å². The average Bonchev–Trinajstić information content (AvgIpc) is 2.43. The topological polar surface area (TPSA) is 20.2 Å². The molecule has 0 saturated heterocycles. The molecular weight excluding hydrogens is 278 g/mol. The Balaban J connectivity index is -0.00000162. The predicted molar refractivity (Wildman–Crippen MR) is 101 cm³/mol. The molecule has 0 aromatic carbocycles. The first kappa shape index (κ1) is 27.5. The summed E-state index contributed by atoms with van der Waals surface area (Å²) >= 11 is 0. The zero-order chi connectivity index (χ0) is 14.0. The van der Waals surface area contributed by atoms with Crippen LogP contribution >= 0.6 is 0 Å². The summed E-state index contributed by atoms with van der Waals surface area (Å²) < 4.78 is 0. The quantitative estimate of drug-likeness (QED) is 0.263. The van der Waals surface area contributed by atoms with Crippen LogP contribution in [0.15, 0.2) is 12.2 Å². The second kappa shape index (κ2) is 26.6. The van der Waals surface area contributed by atoms with E-state index in [1.54, 1.807) is 0 Å². The predicted octanol–water partition coefficient (Wildman–Crippen LogP) is 4.72. The molecule has 0 aliphatic heterocycles. The van der Waals surface area contributed by atoms with Crippen molar-refractivity contribution in [3.8, 4) is 0 Å². The standard InChI is InChI=1S/C18H36O.2Na.2H/c1-2-3-4-5-6-7-8-9-10-11-12-13-14-15-16-17-18-19;;;;/h9-10,19H,2-8,11-18H2,1H3;;;;/b10-9-;;;;. The normalized spacial score (nSPS) is 10.4. The van der Waals surface area contributed by atoms with Crippen molar-refractivity contribution in [2.75, 3.05) is 6.61 Å². The first-order valence-electron chi connectivity index (χ1n) is 8.67. The Morgan fingerprint density at radius 2 is 0.952 bits per heavy atom. The number of aliphatic hydroxyl groups excluding tert-OH is 1. The fourth-order valence-electron chi connectivity index (χ4n) is 2.36. The Labute approximate surface area is 178 Å². The summed E-state index contributed by atoms with van der Waals surface area (Å²) in [5.74, 6) is 0. The molecule has 1 N–H and O–H groups in total. The Morgan fingerprint density at radius 3 is 1.38 bits per heavy atom. The van der Waals surface area contributed by atoms with Crippen LogP contribution in [0.3, 0.4) is 0 Å². The van der Waals surface area contributed by atoms with Gasteiger partial charge in [-0.15, -0.1) is 0 Å². The second-order valence-electron chi connectivity index (χ2n) is 5.66. The third-order valence-corrected chi connectivity index (χ3v) is 3.67. The van der Waals surface area contributed by atoms with Gasteiger partial charge in [0, 0.05) is 6.61 Å². The van der Waals surface area contributed by atoms with Crippen molar-refractivity contribution in [1.82, 2.24) is 0 Å². The third-order valence-electron chi connectivity index (χ3n) is 3.67. The van der Waals surface area contributed by atoms with Crippen LogP contribution < -0.4 is 0 Å². The van der Waals surface area contributed by atoms with Gasteiger partial charge in [0.1, 0.15) is 0 Å². The maximum atomic E-state index is 8.66. The molecule has 3 heteroatoms. The van der Waals surface area contributed by atoms with Crippen LogP contribution in [0.1, 0.15) is 96.8 Å². The van der Waals surface area contributed by atoms with Crippen LogP contribution in [0.25, 0.3) is 0 Å². The van der Waals surface area contributed by atoms with E-state index in [0.29, 0.717) is 6.61 Å². The molecule has 0 radical (unpaired) electrons. The molecule has 118 valence electrons. The Kier molecular flexibility index (Phi) is 34.9. The van der Waals surface area contributed by atoms with Gasteiger partial charge in [0.25, 0.3) is 0 Å². The molecule has 0 spiro atoms. The fourth-order valence-corrected chi connectivity index (χ4v) is 2.36. The first-order valence-corrected chi connectivity index (χ1v) is 8.67. The molecule has 21 heavy (non-hydrogen) atoms. The van der Waals surface area contributed by atoms with Crippen LogP contribution in [-0.2, 0) is 0 Å². The zero-order valence-electron chi connectivity index (χ0n) is 13.2. The molecule has 0 rings (SSSR count). The van der Waals surface area contributed by atoms with E-state index in [4.69, 9.17) is 5.11 Å². The van der Waals surface area contributed by atoms with Gasteiger partial charge in [-0.25, -0.2) is 0 Å². The van der Waals surface area contributed by atoms with E-state index >= 15 is 0 Å². The molecule has 0 aromatic heterocycles. The third kappa shape index (κ3) is 26.9. The Morgan fingerprint density at radius 1 is 0.571 bits per heavy atom. The van der Waals surface area contributed by atoms with Gasteiger partial charge in [-0.1, -0.05) is 76.9 Å². The summed E-state index contributed by atoms with van der Waals surface area (Å²) in [6, 6.07) is 0. The van der Waals surface area contributed by atoms with Crippen LogP contribution in [-0.4, -0.2) is 70.8 Å². The number of rotatable bonds is 15. The molecule has 1 nitrogen and oxygen atoms in total.